The van der Waals surface area contributed by atoms with Gasteiger partial charge in [-0.05, 0) is 61.4 Å². The average molecular weight is 397 g/mol. The zero-order valence-corrected chi connectivity index (χ0v) is 16.1. The molecule has 1 aliphatic heterocycles. The van der Waals surface area contributed by atoms with E-state index in [1.807, 2.05) is 6.07 Å². The first kappa shape index (κ1) is 20.8. The predicted octanol–water partition coefficient (Wildman–Crippen LogP) is 2.33. The first-order valence-corrected chi connectivity index (χ1v) is 9.63. The summed E-state index contributed by atoms with van der Waals surface area (Å²) in [6.45, 7) is 2.20. The summed E-state index contributed by atoms with van der Waals surface area (Å²) >= 11 is 0. The number of aliphatic hydroxyl groups is 1. The number of nitrogens with zero attached hydrogens (tertiary/aromatic N) is 2. The van der Waals surface area contributed by atoms with Crippen LogP contribution in [0.2, 0.25) is 0 Å². The Morgan fingerprint density at radius 1 is 1.21 bits per heavy atom. The Morgan fingerprint density at radius 2 is 1.86 bits per heavy atom. The van der Waals surface area contributed by atoms with E-state index < -0.39 is 6.10 Å². The predicted molar refractivity (Wildman–Crippen MR) is 106 cm³/mol. The number of carbonyl (C=O) groups excluding carboxylic acids is 1. The number of halogens is 1. The highest BCUT2D eigenvalue weighted by atomic mass is 19.1. The van der Waals surface area contributed by atoms with E-state index in [1.54, 1.807) is 24.3 Å². The second-order valence-electron chi connectivity index (χ2n) is 7.16. The van der Waals surface area contributed by atoms with Crippen molar-refractivity contribution in [2.45, 2.75) is 25.0 Å². The third-order valence-electron chi connectivity index (χ3n) is 4.92. The van der Waals surface area contributed by atoms with Crippen molar-refractivity contribution < 1.29 is 19.0 Å². The fraction of sp³-hybridized carbons (Fsp3) is 0.364. The van der Waals surface area contributed by atoms with Gasteiger partial charge in [0.2, 0.25) is 0 Å². The molecule has 1 amide bonds. The van der Waals surface area contributed by atoms with Crippen LogP contribution in [-0.2, 0) is 0 Å². The average Bonchev–Trinajstić information content (AvgIpc) is 2.74. The molecule has 1 atom stereocenters. The van der Waals surface area contributed by atoms with Gasteiger partial charge in [-0.15, -0.1) is 0 Å². The molecule has 1 heterocycles. The van der Waals surface area contributed by atoms with Crippen molar-refractivity contribution in [3.05, 3.63) is 65.5 Å². The van der Waals surface area contributed by atoms with Crippen LogP contribution in [0.1, 0.15) is 28.8 Å². The largest absolute Gasteiger partial charge is 0.491 e. The first-order valence-electron chi connectivity index (χ1n) is 9.63. The molecule has 152 valence electrons. The molecule has 2 aromatic carbocycles. The Morgan fingerprint density at radius 3 is 2.48 bits per heavy atom. The van der Waals surface area contributed by atoms with Crippen molar-refractivity contribution in [3.63, 3.8) is 0 Å². The number of nitriles is 1. The van der Waals surface area contributed by atoms with Gasteiger partial charge in [0.15, 0.2) is 0 Å². The molecule has 1 aliphatic rings. The zero-order chi connectivity index (χ0) is 20.6. The number of carbonyl (C=O) groups is 1. The number of piperidine rings is 1. The molecule has 1 unspecified atom stereocenters. The van der Waals surface area contributed by atoms with E-state index in [0.717, 1.165) is 25.9 Å². The van der Waals surface area contributed by atoms with Gasteiger partial charge in [-0.2, -0.15) is 5.26 Å². The van der Waals surface area contributed by atoms with E-state index in [2.05, 4.69) is 10.2 Å². The number of amides is 1. The fourth-order valence-electron chi connectivity index (χ4n) is 3.30. The summed E-state index contributed by atoms with van der Waals surface area (Å²) in [6, 6.07) is 14.4. The minimum Gasteiger partial charge on any atom is -0.491 e. The lowest BCUT2D eigenvalue weighted by Gasteiger charge is -2.33. The molecule has 6 nitrogen and oxygen atoms in total. The molecule has 3 rings (SSSR count). The van der Waals surface area contributed by atoms with Crippen molar-refractivity contribution in [1.82, 2.24) is 10.2 Å². The Bertz CT molecular complexity index is 841. The third kappa shape index (κ3) is 6.28. The Kier molecular flexibility index (Phi) is 7.17. The number of β-amino-alcohol motifs (C(OH)–C–C–N with tert-alkyl or cyclic N) is 1. The highest BCUT2D eigenvalue weighted by Gasteiger charge is 2.22. The van der Waals surface area contributed by atoms with Gasteiger partial charge < -0.3 is 20.1 Å². The Hall–Kier alpha value is -2.95. The summed E-state index contributed by atoms with van der Waals surface area (Å²) < 4.78 is 18.5. The lowest BCUT2D eigenvalue weighted by molar-refractivity contribution is 0.0568. The minimum absolute atomic E-state index is 0.0656. The normalized spacial score (nSPS) is 16.0. The van der Waals surface area contributed by atoms with Gasteiger partial charge in [0, 0.05) is 31.2 Å². The molecule has 0 radical (unpaired) electrons. The zero-order valence-electron chi connectivity index (χ0n) is 16.1. The minimum atomic E-state index is -0.629. The van der Waals surface area contributed by atoms with Crippen molar-refractivity contribution in [2.75, 3.05) is 26.2 Å². The summed E-state index contributed by atoms with van der Waals surface area (Å²) in [6.07, 6.45) is 0.947. The molecule has 0 spiro atoms. The lowest BCUT2D eigenvalue weighted by atomic mass is 10.0. The van der Waals surface area contributed by atoms with E-state index in [4.69, 9.17) is 10.00 Å². The Balaban J connectivity index is 1.37. The molecule has 7 heteroatoms. The van der Waals surface area contributed by atoms with Crippen molar-refractivity contribution >= 4 is 5.91 Å². The van der Waals surface area contributed by atoms with Crippen LogP contribution in [0, 0.1) is 17.1 Å². The van der Waals surface area contributed by atoms with Crippen molar-refractivity contribution in [2.24, 2.45) is 0 Å². The molecule has 1 fully saturated rings. The smallest absolute Gasteiger partial charge is 0.251 e. The van der Waals surface area contributed by atoms with Gasteiger partial charge >= 0.3 is 0 Å². The third-order valence-corrected chi connectivity index (χ3v) is 4.92. The molecule has 0 aliphatic carbocycles. The summed E-state index contributed by atoms with van der Waals surface area (Å²) in [5, 5.41) is 22.0. The number of ether oxygens (including phenoxy) is 1. The number of aliphatic hydroxyl groups excluding tert-OH is 1. The number of benzene rings is 2. The van der Waals surface area contributed by atoms with Crippen LogP contribution in [0.15, 0.2) is 48.5 Å². The number of likely N-dealkylation sites (tertiary alicyclic amines) is 1. The molecule has 0 bridgehead atoms. The van der Waals surface area contributed by atoms with Gasteiger partial charge in [0.1, 0.15) is 24.3 Å². The van der Waals surface area contributed by atoms with E-state index in [9.17, 15) is 14.3 Å². The van der Waals surface area contributed by atoms with Crippen LogP contribution in [0.4, 0.5) is 4.39 Å². The van der Waals surface area contributed by atoms with Crippen LogP contribution in [-0.4, -0.2) is 54.3 Å². The van der Waals surface area contributed by atoms with Gasteiger partial charge in [0.05, 0.1) is 11.6 Å². The van der Waals surface area contributed by atoms with Crippen LogP contribution >= 0.6 is 0 Å². The SMILES string of the molecule is N#Cc1ccc(OCC(O)CN2CCC(NC(=O)c3ccc(F)cc3)CC2)cc1. The number of nitrogens with one attached hydrogen (secondary N) is 1. The molecule has 0 aromatic heterocycles. The van der Waals surface area contributed by atoms with Gasteiger partial charge in [0.25, 0.3) is 5.91 Å². The van der Waals surface area contributed by atoms with Crippen molar-refractivity contribution in [3.8, 4) is 11.8 Å². The maximum Gasteiger partial charge on any atom is 0.251 e. The van der Waals surface area contributed by atoms with Gasteiger partial charge in [-0.1, -0.05) is 0 Å². The fourth-order valence-corrected chi connectivity index (χ4v) is 3.30. The maximum absolute atomic E-state index is 13.0. The molecular weight excluding hydrogens is 373 g/mol. The lowest BCUT2D eigenvalue weighted by Crippen LogP contribution is -2.47. The number of hydrogen-bond acceptors (Lipinski definition) is 5. The highest BCUT2D eigenvalue weighted by Crippen LogP contribution is 2.14. The van der Waals surface area contributed by atoms with E-state index in [0.29, 0.717) is 23.4 Å². The summed E-state index contributed by atoms with van der Waals surface area (Å²) in [4.78, 5) is 14.4. The number of hydrogen-bond donors (Lipinski definition) is 2. The second kappa shape index (κ2) is 10.0. The molecule has 29 heavy (non-hydrogen) atoms. The van der Waals surface area contributed by atoms with Crippen LogP contribution < -0.4 is 10.1 Å². The van der Waals surface area contributed by atoms with E-state index in [1.165, 1.54) is 24.3 Å². The van der Waals surface area contributed by atoms with Gasteiger partial charge in [-0.3, -0.25) is 4.79 Å². The summed E-state index contributed by atoms with van der Waals surface area (Å²) in [5.41, 5.74) is 1.01. The van der Waals surface area contributed by atoms with Crippen LogP contribution in [0.3, 0.4) is 0 Å². The summed E-state index contributed by atoms with van der Waals surface area (Å²) in [7, 11) is 0. The second-order valence-corrected chi connectivity index (χ2v) is 7.16. The van der Waals surface area contributed by atoms with Crippen LogP contribution in [0.5, 0.6) is 5.75 Å². The molecule has 0 saturated carbocycles. The van der Waals surface area contributed by atoms with Gasteiger partial charge in [-0.25, -0.2) is 4.39 Å². The maximum atomic E-state index is 13.0. The molecular formula is C22H24FN3O3. The Labute approximate surface area is 169 Å². The first-order chi connectivity index (χ1) is 14.0. The molecule has 1 saturated heterocycles. The molecule has 2 aromatic rings. The van der Waals surface area contributed by atoms with E-state index >= 15 is 0 Å². The summed E-state index contributed by atoms with van der Waals surface area (Å²) in [5.74, 6) is 0.0566. The van der Waals surface area contributed by atoms with Crippen molar-refractivity contribution in [1.29, 1.82) is 5.26 Å². The quantitative estimate of drug-likeness (QED) is 0.749. The number of rotatable bonds is 7. The van der Waals surface area contributed by atoms with E-state index in [-0.39, 0.29) is 24.4 Å². The van der Waals surface area contributed by atoms with Crippen LogP contribution in [0.25, 0.3) is 0 Å². The monoisotopic (exact) mass is 397 g/mol. The topological polar surface area (TPSA) is 85.6 Å². The molecule has 2 N–H and O–H groups in total. The highest BCUT2D eigenvalue weighted by molar-refractivity contribution is 5.94. The standard InChI is InChI=1S/C22H24FN3O3/c23-18-5-3-17(4-6-18)22(28)25-19-9-11-26(12-10-19)14-20(27)15-29-21-7-1-16(13-24)2-8-21/h1-8,19-20,27H,9-12,14-15H2,(H,25,28).